The maximum absolute atomic E-state index is 10.7. The molecular weight excluding hydrogens is 387 g/mol. The normalized spacial score (nSPS) is 14.5. The van der Waals surface area contributed by atoms with Gasteiger partial charge in [-0.3, -0.25) is 4.79 Å². The molecule has 1 saturated carbocycles. The fourth-order valence-corrected chi connectivity index (χ4v) is 3.75. The summed E-state index contributed by atoms with van der Waals surface area (Å²) in [6.45, 7) is 7.08. The van der Waals surface area contributed by atoms with Crippen LogP contribution in [0.1, 0.15) is 64.7 Å². The van der Waals surface area contributed by atoms with Gasteiger partial charge in [0.05, 0.1) is 22.8 Å². The van der Waals surface area contributed by atoms with Crippen LogP contribution in [0, 0.1) is 6.92 Å². The molecule has 0 aliphatic heterocycles. The molecule has 1 fully saturated rings. The van der Waals surface area contributed by atoms with Gasteiger partial charge in [-0.2, -0.15) is 0 Å². The molecule has 0 saturated heterocycles. The Balaban J connectivity index is 0.000000249. The van der Waals surface area contributed by atoms with Gasteiger partial charge in [-0.25, -0.2) is 4.98 Å². The number of fused-ring (bicyclic) bond motifs is 1. The summed E-state index contributed by atoms with van der Waals surface area (Å²) in [5.74, 6) is 1.75. The van der Waals surface area contributed by atoms with Gasteiger partial charge in [-0.1, -0.05) is 30.1 Å². The lowest BCUT2D eigenvalue weighted by Gasteiger charge is -2.29. The van der Waals surface area contributed by atoms with E-state index >= 15 is 0 Å². The number of imidazole rings is 1. The molecule has 1 aromatic heterocycles. The number of aryl methyl sites for hydroxylation is 1. The van der Waals surface area contributed by atoms with Gasteiger partial charge in [0, 0.05) is 18.9 Å². The Morgan fingerprint density at radius 1 is 1.37 bits per heavy atom. The van der Waals surface area contributed by atoms with Gasteiger partial charge in [0.2, 0.25) is 0 Å². The number of carbonyl (C=O) groups is 1. The number of benzene rings is 1. The van der Waals surface area contributed by atoms with Crippen molar-refractivity contribution in [2.24, 2.45) is 0 Å². The van der Waals surface area contributed by atoms with Crippen molar-refractivity contribution in [2.45, 2.75) is 71.4 Å². The lowest BCUT2D eigenvalue weighted by Crippen LogP contribution is -2.22. The second kappa shape index (κ2) is 8.80. The van der Waals surface area contributed by atoms with E-state index in [1.807, 2.05) is 6.92 Å². The predicted molar refractivity (Wildman–Crippen MR) is 110 cm³/mol. The lowest BCUT2D eigenvalue weighted by molar-refractivity contribution is -0.122. The summed E-state index contributed by atoms with van der Waals surface area (Å²) in [5.41, 5.74) is 0.882. The first-order chi connectivity index (χ1) is 12.6. The van der Waals surface area contributed by atoms with Gasteiger partial charge in [-0.15, -0.1) is 0 Å². The van der Waals surface area contributed by atoms with Crippen LogP contribution in [0.4, 0.5) is 0 Å². The topological polar surface area (TPSA) is 64.3 Å². The van der Waals surface area contributed by atoms with Crippen molar-refractivity contribution >= 4 is 40.0 Å². The van der Waals surface area contributed by atoms with Gasteiger partial charge in [0.25, 0.3) is 0 Å². The second-order valence-corrected chi connectivity index (χ2v) is 8.38. The summed E-state index contributed by atoms with van der Waals surface area (Å²) in [6, 6.07) is 2.19. The van der Waals surface area contributed by atoms with Gasteiger partial charge < -0.3 is 14.4 Å². The molecule has 150 valence electrons. The largest absolute Gasteiger partial charge is 0.493 e. The number of nitrogens with zero attached hydrogens (tertiary/aromatic N) is 2. The second-order valence-electron chi connectivity index (χ2n) is 7.57. The predicted octanol–water partition coefficient (Wildman–Crippen LogP) is 5.51. The molecule has 1 aliphatic carbocycles. The molecule has 27 heavy (non-hydrogen) atoms. The molecule has 1 aromatic carbocycles. The third-order valence-corrected chi connectivity index (χ3v) is 5.24. The zero-order valence-corrected chi connectivity index (χ0v) is 18.1. The maximum atomic E-state index is 10.7. The first-order valence-corrected chi connectivity index (χ1v) is 9.99. The highest BCUT2D eigenvalue weighted by Gasteiger charge is 2.27. The van der Waals surface area contributed by atoms with Gasteiger partial charge >= 0.3 is 0 Å². The lowest BCUT2D eigenvalue weighted by atomic mass is 9.92. The average molecular weight is 415 g/mol. The smallest absolute Gasteiger partial charge is 0.163 e. The Morgan fingerprint density at radius 2 is 2.00 bits per heavy atom. The van der Waals surface area contributed by atoms with E-state index in [0.717, 1.165) is 16.9 Å². The van der Waals surface area contributed by atoms with Crippen LogP contribution in [0.5, 0.6) is 5.75 Å². The van der Waals surface area contributed by atoms with Crippen molar-refractivity contribution in [1.29, 1.82) is 0 Å². The molecule has 5 nitrogen and oxygen atoms in total. The summed E-state index contributed by atoms with van der Waals surface area (Å²) < 4.78 is 7.65. The van der Waals surface area contributed by atoms with Crippen molar-refractivity contribution in [3.05, 3.63) is 21.9 Å². The van der Waals surface area contributed by atoms with E-state index in [2.05, 4.69) is 9.55 Å². The van der Waals surface area contributed by atoms with E-state index < -0.39 is 5.60 Å². The zero-order valence-electron chi connectivity index (χ0n) is 16.6. The van der Waals surface area contributed by atoms with Crippen LogP contribution in [0.15, 0.2) is 6.07 Å². The molecule has 0 atom stereocenters. The molecule has 0 spiro atoms. The molecule has 1 heterocycles. The first kappa shape index (κ1) is 22.0. The van der Waals surface area contributed by atoms with E-state index in [4.69, 9.17) is 33.0 Å². The number of hydrogen-bond acceptors (Lipinski definition) is 4. The van der Waals surface area contributed by atoms with E-state index in [1.54, 1.807) is 33.9 Å². The van der Waals surface area contributed by atoms with Crippen LogP contribution in [-0.4, -0.2) is 33.2 Å². The van der Waals surface area contributed by atoms with Crippen LogP contribution in [-0.2, 0) is 4.79 Å². The highest BCUT2D eigenvalue weighted by molar-refractivity contribution is 6.39. The number of aliphatic hydroxyl groups is 1. The highest BCUT2D eigenvalue weighted by atomic mass is 35.5. The first-order valence-electron chi connectivity index (χ1n) is 9.23. The fraction of sp³-hybridized carbons (Fsp3) is 0.600. The quantitative estimate of drug-likeness (QED) is 0.699. The molecule has 1 aliphatic rings. The van der Waals surface area contributed by atoms with E-state index in [0.29, 0.717) is 28.3 Å². The molecule has 2 aromatic rings. The zero-order chi connectivity index (χ0) is 20.4. The number of ether oxygens (including phenoxy) is 1. The summed E-state index contributed by atoms with van der Waals surface area (Å²) in [6.07, 6.45) is 4.41. The molecule has 0 bridgehead atoms. The minimum absolute atomic E-state index is 0.113. The number of rotatable bonds is 5. The molecule has 3 rings (SSSR count). The minimum Gasteiger partial charge on any atom is -0.493 e. The van der Waals surface area contributed by atoms with Gasteiger partial charge in [-0.05, 0) is 46.1 Å². The van der Waals surface area contributed by atoms with Crippen molar-refractivity contribution in [1.82, 2.24) is 9.55 Å². The van der Waals surface area contributed by atoms with E-state index in [1.165, 1.54) is 19.3 Å². The fourth-order valence-electron chi connectivity index (χ4n) is 3.18. The Labute approximate surface area is 170 Å². The number of methoxy groups -OCH3 is 1. The Morgan fingerprint density at radius 3 is 2.41 bits per heavy atom. The van der Waals surface area contributed by atoms with Crippen molar-refractivity contribution in [2.75, 3.05) is 7.11 Å². The summed E-state index contributed by atoms with van der Waals surface area (Å²) in [7, 11) is 1.63. The van der Waals surface area contributed by atoms with E-state index in [9.17, 15) is 4.79 Å². The molecule has 7 heteroatoms. The molecule has 0 amide bonds. The number of Topliss-reactive ketones (excluding diaryl/α,β-unsaturated/α-hetero) is 1. The number of ketones is 1. The average Bonchev–Trinajstić information content (AvgIpc) is 2.83. The third-order valence-electron chi connectivity index (χ3n) is 4.67. The summed E-state index contributed by atoms with van der Waals surface area (Å²) in [4.78, 5) is 15.2. The van der Waals surface area contributed by atoms with Crippen LogP contribution in [0.2, 0.25) is 10.0 Å². The van der Waals surface area contributed by atoms with Gasteiger partial charge in [0.15, 0.2) is 5.75 Å². The Bertz CT molecular complexity index is 821. The third kappa shape index (κ3) is 5.15. The summed E-state index contributed by atoms with van der Waals surface area (Å²) >= 11 is 12.4. The molecular formula is C20H28Cl2N2O3. The van der Waals surface area contributed by atoms with Crippen LogP contribution >= 0.6 is 23.2 Å². The van der Waals surface area contributed by atoms with Crippen molar-refractivity contribution in [3.63, 3.8) is 0 Å². The number of halogens is 2. The molecule has 0 unspecified atom stereocenters. The van der Waals surface area contributed by atoms with Crippen molar-refractivity contribution < 1.29 is 14.6 Å². The number of hydrogen-bond donors (Lipinski definition) is 1. The van der Waals surface area contributed by atoms with Gasteiger partial charge in [0.1, 0.15) is 22.6 Å². The number of carbonyl (C=O) groups excluding carboxylic acids is 1. The number of aromatic nitrogens is 2. The molecule has 0 radical (unpaired) electrons. The standard InChI is InChI=1S/C13H14Cl2N2O.C7H14O2/c1-7-16-11-9(14)6-10(15)13(18-2)12(11)17(7)8-4-3-5-8;1-4-6(8)5-7(2,3)9/h6,8H,3-5H2,1-2H3;9H,4-5H2,1-3H3. The monoisotopic (exact) mass is 414 g/mol. The maximum Gasteiger partial charge on any atom is 0.163 e. The Hall–Kier alpha value is -1.30. The van der Waals surface area contributed by atoms with Crippen molar-refractivity contribution in [3.8, 4) is 5.75 Å². The van der Waals surface area contributed by atoms with Crippen LogP contribution in [0.25, 0.3) is 11.0 Å². The highest BCUT2D eigenvalue weighted by Crippen LogP contribution is 2.43. The minimum atomic E-state index is -0.826. The van der Waals surface area contributed by atoms with E-state index in [-0.39, 0.29) is 12.2 Å². The Kier molecular flexibility index (Phi) is 7.17. The molecule has 1 N–H and O–H groups in total. The van der Waals surface area contributed by atoms with Crippen LogP contribution in [0.3, 0.4) is 0 Å². The van der Waals surface area contributed by atoms with Crippen LogP contribution < -0.4 is 4.74 Å². The SMILES string of the molecule is CCC(=O)CC(C)(C)O.COc1c(Cl)cc(Cl)c2nc(C)n(C3CCC3)c12. The summed E-state index contributed by atoms with van der Waals surface area (Å²) in [5, 5.41) is 10.2.